The Morgan fingerprint density at radius 1 is 0.931 bits per heavy atom. The van der Waals surface area contributed by atoms with Gasteiger partial charge in [0.1, 0.15) is 0 Å². The van der Waals surface area contributed by atoms with Crippen molar-refractivity contribution in [2.45, 2.75) is 18.9 Å². The zero-order chi connectivity index (χ0) is 20.2. The second-order valence-electron chi connectivity index (χ2n) is 7.60. The van der Waals surface area contributed by atoms with E-state index < -0.39 is 0 Å². The first-order valence-corrected chi connectivity index (χ1v) is 10.5. The molecule has 2 fully saturated rings. The predicted octanol–water partition coefficient (Wildman–Crippen LogP) is 3.79. The summed E-state index contributed by atoms with van der Waals surface area (Å²) < 4.78 is 5.37. The van der Waals surface area contributed by atoms with Gasteiger partial charge in [-0.3, -0.25) is 9.59 Å². The third-order valence-corrected chi connectivity index (χ3v) is 6.04. The third kappa shape index (κ3) is 4.46. The first-order chi connectivity index (χ1) is 14.1. The van der Waals surface area contributed by atoms with Gasteiger partial charge in [0.15, 0.2) is 0 Å². The molecule has 2 aromatic carbocycles. The molecule has 2 amide bonds. The molecule has 0 bridgehead atoms. The summed E-state index contributed by atoms with van der Waals surface area (Å²) in [5, 5.41) is 0.597. The molecule has 0 N–H and O–H groups in total. The summed E-state index contributed by atoms with van der Waals surface area (Å²) in [6.45, 7) is 2.85. The summed E-state index contributed by atoms with van der Waals surface area (Å²) in [7, 11) is 0. The second-order valence-corrected chi connectivity index (χ2v) is 8.04. The van der Waals surface area contributed by atoms with Crippen LogP contribution < -0.4 is 0 Å². The van der Waals surface area contributed by atoms with Gasteiger partial charge in [0, 0.05) is 30.2 Å². The van der Waals surface area contributed by atoms with Gasteiger partial charge in [-0.25, -0.2) is 0 Å². The molecule has 2 unspecified atom stereocenters. The van der Waals surface area contributed by atoms with Gasteiger partial charge in [-0.2, -0.15) is 0 Å². The molecule has 6 heteroatoms. The minimum atomic E-state index is -0.177. The van der Waals surface area contributed by atoms with E-state index in [9.17, 15) is 9.59 Å². The van der Waals surface area contributed by atoms with E-state index in [1.165, 1.54) is 0 Å². The molecule has 2 heterocycles. The summed E-state index contributed by atoms with van der Waals surface area (Å²) in [5.74, 6) is -0.104. The SMILES string of the molecule is O=C(C1CCC(c2ccccc2)N(C(=O)c2ccc(Cl)cc2)C1)N1CCOCC1. The number of ether oxygens (including phenoxy) is 1. The van der Waals surface area contributed by atoms with Crippen molar-refractivity contribution in [3.05, 3.63) is 70.7 Å². The van der Waals surface area contributed by atoms with E-state index in [2.05, 4.69) is 12.1 Å². The van der Waals surface area contributed by atoms with Gasteiger partial charge >= 0.3 is 0 Å². The van der Waals surface area contributed by atoms with Crippen LogP contribution in [0.3, 0.4) is 0 Å². The van der Waals surface area contributed by atoms with Gasteiger partial charge in [-0.1, -0.05) is 41.9 Å². The normalized spacial score (nSPS) is 22.4. The lowest BCUT2D eigenvalue weighted by Crippen LogP contribution is -2.50. The fourth-order valence-electron chi connectivity index (χ4n) is 4.22. The van der Waals surface area contributed by atoms with Gasteiger partial charge in [0.25, 0.3) is 5.91 Å². The van der Waals surface area contributed by atoms with Crippen LogP contribution in [-0.2, 0) is 9.53 Å². The number of likely N-dealkylation sites (tertiary alicyclic amines) is 1. The Balaban J connectivity index is 1.58. The summed E-state index contributed by atoms with van der Waals surface area (Å²) in [4.78, 5) is 30.2. The molecule has 0 aromatic heterocycles. The Bertz CT molecular complexity index is 850. The third-order valence-electron chi connectivity index (χ3n) is 5.79. The number of carbonyl (C=O) groups excluding carboxylic acids is 2. The predicted molar refractivity (Wildman–Crippen MR) is 112 cm³/mol. The monoisotopic (exact) mass is 412 g/mol. The standard InChI is InChI=1S/C23H25ClN2O3/c24-20-9-6-18(7-10-20)23(28)26-16-19(22(27)25-12-14-29-15-13-25)8-11-21(26)17-4-2-1-3-5-17/h1-7,9-10,19,21H,8,11-16H2. The zero-order valence-corrected chi connectivity index (χ0v) is 17.1. The summed E-state index contributed by atoms with van der Waals surface area (Å²) in [6, 6.07) is 17.0. The van der Waals surface area contributed by atoms with Crippen LogP contribution in [-0.4, -0.2) is 54.5 Å². The quantitative estimate of drug-likeness (QED) is 0.770. The van der Waals surface area contributed by atoms with E-state index in [-0.39, 0.29) is 23.8 Å². The Morgan fingerprint density at radius 3 is 2.31 bits per heavy atom. The molecule has 0 spiro atoms. The number of rotatable bonds is 3. The number of carbonyl (C=O) groups is 2. The molecule has 0 radical (unpaired) electrons. The van der Waals surface area contributed by atoms with Crippen molar-refractivity contribution < 1.29 is 14.3 Å². The van der Waals surface area contributed by atoms with Crippen LogP contribution in [0.1, 0.15) is 34.8 Å². The molecule has 2 aromatic rings. The Hall–Kier alpha value is -2.37. The van der Waals surface area contributed by atoms with Crippen LogP contribution in [0, 0.1) is 5.92 Å². The number of piperidine rings is 1. The summed E-state index contributed by atoms with van der Waals surface area (Å²) in [5.41, 5.74) is 1.70. The van der Waals surface area contributed by atoms with Crippen molar-refractivity contribution in [1.82, 2.24) is 9.80 Å². The molecule has 152 valence electrons. The molecule has 0 aliphatic carbocycles. The Labute approximate surface area is 176 Å². The lowest BCUT2D eigenvalue weighted by atomic mass is 9.87. The number of hydrogen-bond acceptors (Lipinski definition) is 3. The zero-order valence-electron chi connectivity index (χ0n) is 16.3. The highest BCUT2D eigenvalue weighted by Crippen LogP contribution is 2.35. The number of nitrogens with zero attached hydrogens (tertiary/aromatic N) is 2. The molecule has 0 saturated carbocycles. The van der Waals surface area contributed by atoms with Crippen molar-refractivity contribution in [2.24, 2.45) is 5.92 Å². The topological polar surface area (TPSA) is 49.9 Å². The van der Waals surface area contributed by atoms with Gasteiger partial charge in [-0.15, -0.1) is 0 Å². The molecule has 5 nitrogen and oxygen atoms in total. The number of hydrogen-bond donors (Lipinski definition) is 0. The van der Waals surface area contributed by atoms with E-state index in [0.717, 1.165) is 18.4 Å². The van der Waals surface area contributed by atoms with Crippen LogP contribution in [0.2, 0.25) is 5.02 Å². The maximum atomic E-state index is 13.4. The van der Waals surface area contributed by atoms with Crippen molar-refractivity contribution in [3.8, 4) is 0 Å². The molecule has 2 aliphatic heterocycles. The molecule has 2 aliphatic rings. The van der Waals surface area contributed by atoms with Gasteiger partial charge < -0.3 is 14.5 Å². The largest absolute Gasteiger partial charge is 0.378 e. The minimum Gasteiger partial charge on any atom is -0.378 e. The van der Waals surface area contributed by atoms with E-state index in [1.54, 1.807) is 24.3 Å². The molecule has 2 saturated heterocycles. The van der Waals surface area contributed by atoms with Crippen molar-refractivity contribution in [2.75, 3.05) is 32.8 Å². The van der Waals surface area contributed by atoms with Crippen LogP contribution in [0.15, 0.2) is 54.6 Å². The van der Waals surface area contributed by atoms with Crippen LogP contribution in [0.4, 0.5) is 0 Å². The molecule has 29 heavy (non-hydrogen) atoms. The molecular weight excluding hydrogens is 388 g/mol. The molecule has 4 rings (SSSR count). The maximum absolute atomic E-state index is 13.4. The summed E-state index contributed by atoms with van der Waals surface area (Å²) >= 11 is 5.99. The lowest BCUT2D eigenvalue weighted by molar-refractivity contribution is -0.141. The van der Waals surface area contributed by atoms with Crippen molar-refractivity contribution in [1.29, 1.82) is 0 Å². The molecular formula is C23H25ClN2O3. The fraction of sp³-hybridized carbons (Fsp3) is 0.391. The Kier molecular flexibility index (Phi) is 6.16. The maximum Gasteiger partial charge on any atom is 0.254 e. The molecule has 2 atom stereocenters. The van der Waals surface area contributed by atoms with Crippen LogP contribution in [0.5, 0.6) is 0 Å². The minimum absolute atomic E-state index is 0.0342. The fourth-order valence-corrected chi connectivity index (χ4v) is 4.34. The number of morpholine rings is 1. The number of amides is 2. The van der Waals surface area contributed by atoms with E-state index in [4.69, 9.17) is 16.3 Å². The first kappa shape index (κ1) is 19.9. The van der Waals surface area contributed by atoms with Crippen molar-refractivity contribution >= 4 is 23.4 Å². The van der Waals surface area contributed by atoms with Gasteiger partial charge in [0.2, 0.25) is 5.91 Å². The van der Waals surface area contributed by atoms with E-state index in [0.29, 0.717) is 43.4 Å². The van der Waals surface area contributed by atoms with Crippen LogP contribution in [0.25, 0.3) is 0 Å². The van der Waals surface area contributed by atoms with Crippen molar-refractivity contribution in [3.63, 3.8) is 0 Å². The Morgan fingerprint density at radius 2 is 1.62 bits per heavy atom. The average molecular weight is 413 g/mol. The lowest BCUT2D eigenvalue weighted by Gasteiger charge is -2.41. The number of halogens is 1. The van der Waals surface area contributed by atoms with Gasteiger partial charge in [0.05, 0.1) is 25.2 Å². The van der Waals surface area contributed by atoms with E-state index >= 15 is 0 Å². The highest BCUT2D eigenvalue weighted by molar-refractivity contribution is 6.30. The highest BCUT2D eigenvalue weighted by atomic mass is 35.5. The smallest absolute Gasteiger partial charge is 0.254 e. The first-order valence-electron chi connectivity index (χ1n) is 10.1. The van der Waals surface area contributed by atoms with E-state index in [1.807, 2.05) is 28.0 Å². The van der Waals surface area contributed by atoms with Crippen LogP contribution >= 0.6 is 11.6 Å². The average Bonchev–Trinajstić information content (AvgIpc) is 2.79. The summed E-state index contributed by atoms with van der Waals surface area (Å²) in [6.07, 6.45) is 1.55. The van der Waals surface area contributed by atoms with Gasteiger partial charge in [-0.05, 0) is 42.7 Å². The number of benzene rings is 2. The highest BCUT2D eigenvalue weighted by Gasteiger charge is 2.37. The second kappa shape index (κ2) is 8.97.